The molecule has 0 N–H and O–H groups in total. The first-order valence-electron chi connectivity index (χ1n) is 18.8. The van der Waals surface area contributed by atoms with Crippen LogP contribution in [0, 0.1) is 0 Å². The van der Waals surface area contributed by atoms with E-state index in [-0.39, 0.29) is 0 Å². The van der Waals surface area contributed by atoms with Crippen molar-refractivity contribution >= 4 is 76.2 Å². The van der Waals surface area contributed by atoms with Crippen LogP contribution in [0.4, 0.5) is 0 Å². The Labute approximate surface area is 320 Å². The van der Waals surface area contributed by atoms with Gasteiger partial charge in [-0.1, -0.05) is 146 Å². The van der Waals surface area contributed by atoms with E-state index in [0.717, 1.165) is 77.1 Å². The fraction of sp³-hybridized carbons (Fsp3) is 0. The number of hydrogen-bond acceptors (Lipinski definition) is 5. The van der Waals surface area contributed by atoms with Crippen LogP contribution in [0.25, 0.3) is 121 Å². The third kappa shape index (κ3) is 4.71. The van der Waals surface area contributed by atoms with Gasteiger partial charge in [-0.25, -0.2) is 15.0 Å². The van der Waals surface area contributed by atoms with Crippen molar-refractivity contribution in [3.8, 4) is 45.3 Å². The molecule has 0 aliphatic carbocycles. The zero-order valence-electron chi connectivity index (χ0n) is 29.9. The van der Waals surface area contributed by atoms with Crippen LogP contribution >= 0.6 is 0 Å². The van der Waals surface area contributed by atoms with E-state index in [0.29, 0.717) is 17.5 Å². The number of rotatable bonds is 4. The Bertz CT molecular complexity index is 3550. The molecule has 0 fully saturated rings. The lowest BCUT2D eigenvalue weighted by atomic mass is 9.98. The van der Waals surface area contributed by atoms with Crippen LogP contribution in [0.15, 0.2) is 185 Å². The molecule has 0 aliphatic heterocycles. The summed E-state index contributed by atoms with van der Waals surface area (Å²) in [6, 6.07) is 61.0. The van der Waals surface area contributed by atoms with Gasteiger partial charge in [-0.3, -0.25) is 0 Å². The van der Waals surface area contributed by atoms with Gasteiger partial charge in [0.1, 0.15) is 22.3 Å². The van der Waals surface area contributed by atoms with Gasteiger partial charge in [0.05, 0.1) is 0 Å². The Hall–Kier alpha value is -7.63. The molecule has 0 saturated carbocycles. The number of benzene rings is 9. The van der Waals surface area contributed by atoms with Crippen LogP contribution in [0.3, 0.4) is 0 Å². The Morgan fingerprint density at radius 1 is 0.304 bits per heavy atom. The molecule has 0 amide bonds. The van der Waals surface area contributed by atoms with Gasteiger partial charge in [-0.05, 0) is 68.2 Å². The number of furan rings is 2. The third-order valence-corrected chi connectivity index (χ3v) is 11.1. The molecule has 5 nitrogen and oxygen atoms in total. The number of para-hydroxylation sites is 1. The monoisotopic (exact) mass is 715 g/mol. The Morgan fingerprint density at radius 2 is 0.929 bits per heavy atom. The largest absolute Gasteiger partial charge is 0.456 e. The van der Waals surface area contributed by atoms with E-state index in [1.54, 1.807) is 0 Å². The minimum Gasteiger partial charge on any atom is -0.456 e. The molecule has 0 spiro atoms. The molecular formula is C51H29N3O2. The van der Waals surface area contributed by atoms with Gasteiger partial charge in [-0.2, -0.15) is 0 Å². The molecule has 0 radical (unpaired) electrons. The van der Waals surface area contributed by atoms with Crippen molar-refractivity contribution in [3.05, 3.63) is 176 Å². The molecule has 0 saturated heterocycles. The number of fused-ring (bicyclic) bond motifs is 11. The molecule has 0 aliphatic rings. The van der Waals surface area contributed by atoms with Crippen molar-refractivity contribution in [2.24, 2.45) is 0 Å². The van der Waals surface area contributed by atoms with E-state index >= 15 is 0 Å². The van der Waals surface area contributed by atoms with Gasteiger partial charge >= 0.3 is 0 Å². The maximum absolute atomic E-state index is 6.63. The molecule has 12 aromatic rings. The van der Waals surface area contributed by atoms with E-state index in [1.807, 2.05) is 42.5 Å². The van der Waals surface area contributed by atoms with E-state index in [2.05, 4.69) is 133 Å². The van der Waals surface area contributed by atoms with E-state index in [9.17, 15) is 0 Å². The van der Waals surface area contributed by atoms with Gasteiger partial charge in [0.15, 0.2) is 17.5 Å². The lowest BCUT2D eigenvalue weighted by molar-refractivity contribution is 0.668. The molecule has 12 rings (SSSR count). The third-order valence-electron chi connectivity index (χ3n) is 11.1. The summed E-state index contributed by atoms with van der Waals surface area (Å²) in [5.74, 6) is 1.80. The number of hydrogen-bond donors (Lipinski definition) is 0. The second-order valence-corrected chi connectivity index (χ2v) is 14.3. The van der Waals surface area contributed by atoms with Crippen molar-refractivity contribution < 1.29 is 8.83 Å². The van der Waals surface area contributed by atoms with E-state index < -0.39 is 0 Å². The van der Waals surface area contributed by atoms with Gasteiger partial charge in [-0.15, -0.1) is 0 Å². The molecule has 9 aromatic carbocycles. The molecule has 0 atom stereocenters. The van der Waals surface area contributed by atoms with Crippen LogP contribution in [-0.4, -0.2) is 15.0 Å². The summed E-state index contributed by atoms with van der Waals surface area (Å²) in [6.07, 6.45) is 0. The molecule has 0 unspecified atom stereocenters. The normalized spacial score (nSPS) is 11.9. The molecule has 3 aromatic heterocycles. The van der Waals surface area contributed by atoms with Crippen LogP contribution < -0.4 is 0 Å². The second kappa shape index (κ2) is 11.9. The summed E-state index contributed by atoms with van der Waals surface area (Å²) in [4.78, 5) is 15.4. The molecule has 260 valence electrons. The molecule has 56 heavy (non-hydrogen) atoms. The zero-order chi connectivity index (χ0) is 36.7. The molecule has 3 heterocycles. The van der Waals surface area contributed by atoms with Crippen molar-refractivity contribution in [1.82, 2.24) is 15.0 Å². The molecule has 5 heteroatoms. The summed E-state index contributed by atoms with van der Waals surface area (Å²) < 4.78 is 13.1. The topological polar surface area (TPSA) is 65.0 Å². The fourth-order valence-corrected chi connectivity index (χ4v) is 8.47. The highest BCUT2D eigenvalue weighted by Crippen LogP contribution is 2.42. The predicted molar refractivity (Wildman–Crippen MR) is 229 cm³/mol. The second-order valence-electron chi connectivity index (χ2n) is 14.3. The summed E-state index contributed by atoms with van der Waals surface area (Å²) in [5, 5.41) is 11.3. The fourth-order valence-electron chi connectivity index (χ4n) is 8.47. The lowest BCUT2D eigenvalue weighted by Crippen LogP contribution is -2.00. The van der Waals surface area contributed by atoms with Crippen LogP contribution in [0.5, 0.6) is 0 Å². The minimum absolute atomic E-state index is 0.581. The summed E-state index contributed by atoms with van der Waals surface area (Å²) in [6.45, 7) is 0. The van der Waals surface area contributed by atoms with Crippen LogP contribution in [-0.2, 0) is 0 Å². The maximum atomic E-state index is 6.63. The van der Waals surface area contributed by atoms with Crippen molar-refractivity contribution in [2.45, 2.75) is 0 Å². The lowest BCUT2D eigenvalue weighted by Gasteiger charge is -2.10. The van der Waals surface area contributed by atoms with Gasteiger partial charge in [0.25, 0.3) is 0 Å². The average molecular weight is 716 g/mol. The van der Waals surface area contributed by atoms with Crippen LogP contribution in [0.2, 0.25) is 0 Å². The minimum atomic E-state index is 0.581. The highest BCUT2D eigenvalue weighted by Gasteiger charge is 2.20. The van der Waals surface area contributed by atoms with Crippen molar-refractivity contribution in [1.29, 1.82) is 0 Å². The number of aromatic nitrogens is 3. The van der Waals surface area contributed by atoms with Crippen molar-refractivity contribution in [2.75, 3.05) is 0 Å². The first-order chi connectivity index (χ1) is 27.7. The van der Waals surface area contributed by atoms with E-state index in [4.69, 9.17) is 23.8 Å². The first-order valence-corrected chi connectivity index (χ1v) is 18.8. The van der Waals surface area contributed by atoms with Crippen molar-refractivity contribution in [3.63, 3.8) is 0 Å². The Balaban J connectivity index is 1.06. The quantitative estimate of drug-likeness (QED) is 0.170. The Morgan fingerprint density at radius 3 is 1.82 bits per heavy atom. The van der Waals surface area contributed by atoms with Gasteiger partial charge in [0.2, 0.25) is 0 Å². The summed E-state index contributed by atoms with van der Waals surface area (Å²) in [7, 11) is 0. The zero-order valence-corrected chi connectivity index (χ0v) is 29.9. The highest BCUT2D eigenvalue weighted by atomic mass is 16.3. The first kappa shape index (κ1) is 30.8. The van der Waals surface area contributed by atoms with E-state index in [1.165, 1.54) is 26.9 Å². The maximum Gasteiger partial charge on any atom is 0.164 e. The standard InChI is InChI=1S/C51H29N3O2/c1-2-12-32(13-3-1)49-52-50(35-22-25-37-33(28-35)21-20-30-10-4-6-14-36(30)37)54-51(53-49)41-18-9-19-44-47(41)42-29-34(24-26-43(42)55-44)39-16-8-17-40-46-38-15-7-5-11-31(38)23-27-45(46)56-48(39)40/h1-29H. The summed E-state index contributed by atoms with van der Waals surface area (Å²) in [5.41, 5.74) is 8.08. The highest BCUT2D eigenvalue weighted by molar-refractivity contribution is 6.21. The average Bonchev–Trinajstić information content (AvgIpc) is 3.85. The number of nitrogens with zero attached hydrogens (tertiary/aromatic N) is 3. The van der Waals surface area contributed by atoms with Crippen LogP contribution in [0.1, 0.15) is 0 Å². The van der Waals surface area contributed by atoms with Gasteiger partial charge in [0, 0.05) is 43.8 Å². The summed E-state index contributed by atoms with van der Waals surface area (Å²) >= 11 is 0. The Kier molecular flexibility index (Phi) is 6.56. The SMILES string of the molecule is c1ccc(-c2nc(-c3ccc4c(ccc5ccccc54)c3)nc(-c3cccc4oc5ccc(-c6cccc7c6oc6ccc8ccccc8c67)cc5c34)n2)cc1. The predicted octanol–water partition coefficient (Wildman–Crippen LogP) is 13.8. The van der Waals surface area contributed by atoms with Gasteiger partial charge < -0.3 is 8.83 Å². The molecular weight excluding hydrogens is 687 g/mol. The smallest absolute Gasteiger partial charge is 0.164 e. The molecule has 0 bridgehead atoms.